The number of carbonyl (C=O) groups is 2. The van der Waals surface area contributed by atoms with Crippen molar-refractivity contribution in [1.82, 2.24) is 0 Å². The number of methoxy groups -OCH3 is 1. The third kappa shape index (κ3) is 3.34. The van der Waals surface area contributed by atoms with Crippen molar-refractivity contribution in [1.29, 1.82) is 0 Å². The molecule has 1 amide bonds. The summed E-state index contributed by atoms with van der Waals surface area (Å²) in [5.41, 5.74) is 2.15. The molecule has 0 spiro atoms. The number of rotatable bonds is 4. The highest BCUT2D eigenvalue weighted by Crippen LogP contribution is 2.48. The van der Waals surface area contributed by atoms with Crippen molar-refractivity contribution < 1.29 is 19.4 Å². The monoisotopic (exact) mass is 311 g/mol. The molecule has 5 nitrogen and oxygen atoms in total. The molecule has 1 aliphatic rings. The fraction of sp³-hybridized carbons (Fsp3) is 0.222. The fourth-order valence-electron chi connectivity index (χ4n) is 2.62. The first kappa shape index (κ1) is 15.1. The SMILES string of the molecule is COC(=O)c1ccc(NC(=O)C2CC2c2ccc(O)cc2)cc1. The molecule has 2 unspecified atom stereocenters. The number of amides is 1. The minimum Gasteiger partial charge on any atom is -0.508 e. The first-order valence-corrected chi connectivity index (χ1v) is 7.36. The van der Waals surface area contributed by atoms with Crippen LogP contribution in [0.4, 0.5) is 5.69 Å². The van der Waals surface area contributed by atoms with E-state index in [-0.39, 0.29) is 23.5 Å². The summed E-state index contributed by atoms with van der Waals surface area (Å²) in [4.78, 5) is 23.6. The number of phenols is 1. The number of benzene rings is 2. The second-order valence-corrected chi connectivity index (χ2v) is 5.60. The summed E-state index contributed by atoms with van der Waals surface area (Å²) in [5, 5.41) is 12.2. The van der Waals surface area contributed by atoms with E-state index in [2.05, 4.69) is 10.1 Å². The van der Waals surface area contributed by atoms with Crippen molar-refractivity contribution in [2.75, 3.05) is 12.4 Å². The summed E-state index contributed by atoms with van der Waals surface area (Å²) in [6.45, 7) is 0. The van der Waals surface area contributed by atoms with Crippen molar-refractivity contribution in [3.63, 3.8) is 0 Å². The van der Waals surface area contributed by atoms with Crippen LogP contribution in [-0.4, -0.2) is 24.1 Å². The zero-order valence-corrected chi connectivity index (χ0v) is 12.7. The molecular formula is C18H17NO4. The zero-order valence-electron chi connectivity index (χ0n) is 12.7. The van der Waals surface area contributed by atoms with Gasteiger partial charge in [-0.2, -0.15) is 0 Å². The molecular weight excluding hydrogens is 294 g/mol. The van der Waals surface area contributed by atoms with Crippen LogP contribution in [0.15, 0.2) is 48.5 Å². The van der Waals surface area contributed by atoms with Gasteiger partial charge in [-0.3, -0.25) is 4.79 Å². The number of esters is 1. The van der Waals surface area contributed by atoms with E-state index in [0.29, 0.717) is 11.3 Å². The molecule has 1 fully saturated rings. The van der Waals surface area contributed by atoms with Crippen molar-refractivity contribution in [2.24, 2.45) is 5.92 Å². The molecule has 2 aromatic rings. The molecule has 0 saturated heterocycles. The highest BCUT2D eigenvalue weighted by atomic mass is 16.5. The molecule has 0 aromatic heterocycles. The predicted molar refractivity (Wildman–Crippen MR) is 85.4 cm³/mol. The van der Waals surface area contributed by atoms with Gasteiger partial charge in [0.1, 0.15) is 5.75 Å². The molecule has 3 rings (SSSR count). The maximum absolute atomic E-state index is 12.2. The number of nitrogens with one attached hydrogen (secondary N) is 1. The highest BCUT2D eigenvalue weighted by Gasteiger charge is 2.43. The topological polar surface area (TPSA) is 75.6 Å². The Bertz CT molecular complexity index is 722. The molecule has 0 aliphatic heterocycles. The van der Waals surface area contributed by atoms with E-state index < -0.39 is 5.97 Å². The Morgan fingerprint density at radius 3 is 2.35 bits per heavy atom. The van der Waals surface area contributed by atoms with Gasteiger partial charge in [-0.25, -0.2) is 4.79 Å². The van der Waals surface area contributed by atoms with Crippen molar-refractivity contribution in [3.8, 4) is 5.75 Å². The van der Waals surface area contributed by atoms with E-state index in [0.717, 1.165) is 12.0 Å². The van der Waals surface area contributed by atoms with Crippen LogP contribution in [0.5, 0.6) is 5.75 Å². The third-order valence-electron chi connectivity index (χ3n) is 4.02. The van der Waals surface area contributed by atoms with Crippen LogP contribution >= 0.6 is 0 Å². The lowest BCUT2D eigenvalue weighted by Crippen LogP contribution is -2.14. The van der Waals surface area contributed by atoms with Gasteiger partial charge in [0.2, 0.25) is 5.91 Å². The van der Waals surface area contributed by atoms with Gasteiger partial charge >= 0.3 is 5.97 Å². The van der Waals surface area contributed by atoms with Crippen LogP contribution in [-0.2, 0) is 9.53 Å². The quantitative estimate of drug-likeness (QED) is 0.851. The molecule has 0 bridgehead atoms. The van der Waals surface area contributed by atoms with Crippen molar-refractivity contribution in [2.45, 2.75) is 12.3 Å². The minimum atomic E-state index is -0.405. The van der Waals surface area contributed by atoms with Crippen LogP contribution in [0.25, 0.3) is 0 Å². The summed E-state index contributed by atoms with van der Waals surface area (Å²) in [6.07, 6.45) is 0.802. The Morgan fingerprint density at radius 1 is 1.09 bits per heavy atom. The van der Waals surface area contributed by atoms with Crippen LogP contribution in [0.1, 0.15) is 28.3 Å². The molecule has 5 heteroatoms. The standard InChI is InChI=1S/C18H17NO4/c1-23-18(22)12-2-6-13(7-3-12)19-17(21)16-10-15(16)11-4-8-14(20)9-5-11/h2-9,15-16,20H,10H2,1H3,(H,19,21). The number of carbonyl (C=O) groups excluding carboxylic acids is 2. The predicted octanol–water partition coefficient (Wildman–Crippen LogP) is 2.92. The van der Waals surface area contributed by atoms with E-state index in [1.54, 1.807) is 36.4 Å². The highest BCUT2D eigenvalue weighted by molar-refractivity contribution is 5.96. The normalized spacial score (nSPS) is 19.0. The van der Waals surface area contributed by atoms with Crippen LogP contribution in [0.3, 0.4) is 0 Å². The number of ether oxygens (including phenoxy) is 1. The fourth-order valence-corrected chi connectivity index (χ4v) is 2.62. The second-order valence-electron chi connectivity index (χ2n) is 5.60. The average Bonchev–Trinajstić information content (AvgIpc) is 3.36. The molecule has 2 aromatic carbocycles. The molecule has 0 radical (unpaired) electrons. The van der Waals surface area contributed by atoms with Crippen molar-refractivity contribution in [3.05, 3.63) is 59.7 Å². The first-order valence-electron chi connectivity index (χ1n) is 7.36. The Balaban J connectivity index is 1.60. The Labute approximate surface area is 133 Å². The van der Waals surface area contributed by atoms with Crippen LogP contribution in [0, 0.1) is 5.92 Å². The van der Waals surface area contributed by atoms with Gasteiger partial charge in [0.25, 0.3) is 0 Å². The lowest BCUT2D eigenvalue weighted by Gasteiger charge is -2.06. The van der Waals surface area contributed by atoms with Gasteiger partial charge in [-0.15, -0.1) is 0 Å². The number of phenolic OH excluding ortho intramolecular Hbond substituents is 1. The van der Waals surface area contributed by atoms with Gasteiger partial charge < -0.3 is 15.2 Å². The van der Waals surface area contributed by atoms with E-state index in [9.17, 15) is 14.7 Å². The largest absolute Gasteiger partial charge is 0.508 e. The molecule has 118 valence electrons. The molecule has 1 saturated carbocycles. The second kappa shape index (κ2) is 6.12. The van der Waals surface area contributed by atoms with Gasteiger partial charge in [0.05, 0.1) is 12.7 Å². The number of hydrogen-bond acceptors (Lipinski definition) is 4. The Morgan fingerprint density at radius 2 is 1.74 bits per heavy atom. The maximum atomic E-state index is 12.2. The molecule has 0 heterocycles. The zero-order chi connectivity index (χ0) is 16.4. The maximum Gasteiger partial charge on any atom is 0.337 e. The third-order valence-corrected chi connectivity index (χ3v) is 4.02. The van der Waals surface area contributed by atoms with E-state index >= 15 is 0 Å². The average molecular weight is 311 g/mol. The van der Waals surface area contributed by atoms with E-state index in [1.165, 1.54) is 7.11 Å². The molecule has 1 aliphatic carbocycles. The van der Waals surface area contributed by atoms with Crippen LogP contribution in [0.2, 0.25) is 0 Å². The Kier molecular flexibility index (Phi) is 4.02. The van der Waals surface area contributed by atoms with Crippen LogP contribution < -0.4 is 5.32 Å². The minimum absolute atomic E-state index is 0.0334. The van der Waals surface area contributed by atoms with Crippen molar-refractivity contribution >= 4 is 17.6 Å². The van der Waals surface area contributed by atoms with Gasteiger partial charge in [0.15, 0.2) is 0 Å². The van der Waals surface area contributed by atoms with E-state index in [4.69, 9.17) is 0 Å². The number of aromatic hydroxyl groups is 1. The summed E-state index contributed by atoms with van der Waals surface area (Å²) in [5.74, 6) is -0.0720. The van der Waals surface area contributed by atoms with Gasteiger partial charge in [-0.1, -0.05) is 12.1 Å². The summed E-state index contributed by atoms with van der Waals surface area (Å²) < 4.78 is 4.63. The summed E-state index contributed by atoms with van der Waals surface area (Å²) in [6, 6.07) is 13.6. The molecule has 23 heavy (non-hydrogen) atoms. The number of anilines is 1. The molecule has 2 atom stereocenters. The van der Waals surface area contributed by atoms with Gasteiger partial charge in [-0.05, 0) is 54.3 Å². The lowest BCUT2D eigenvalue weighted by atomic mass is 10.1. The first-order chi connectivity index (χ1) is 11.1. The smallest absolute Gasteiger partial charge is 0.337 e. The number of hydrogen-bond donors (Lipinski definition) is 2. The van der Waals surface area contributed by atoms with Gasteiger partial charge in [0, 0.05) is 11.6 Å². The molecule has 2 N–H and O–H groups in total. The lowest BCUT2D eigenvalue weighted by molar-refractivity contribution is -0.117. The summed E-state index contributed by atoms with van der Waals surface area (Å²) in [7, 11) is 1.33. The Hall–Kier alpha value is -2.82. The van der Waals surface area contributed by atoms with E-state index in [1.807, 2.05) is 12.1 Å². The summed E-state index contributed by atoms with van der Waals surface area (Å²) >= 11 is 0.